The lowest BCUT2D eigenvalue weighted by molar-refractivity contribution is -0.494. The van der Waals surface area contributed by atoms with Crippen molar-refractivity contribution in [2.75, 3.05) is 29.9 Å². The van der Waals surface area contributed by atoms with Crippen LogP contribution in [0.3, 0.4) is 0 Å². The van der Waals surface area contributed by atoms with Crippen LogP contribution in [0.1, 0.15) is 0 Å². The quantitative estimate of drug-likeness (QED) is 0.219. The Hall–Kier alpha value is -0.850. The summed E-state index contributed by atoms with van der Waals surface area (Å²) in [6.45, 7) is -0.0463. The van der Waals surface area contributed by atoms with Gasteiger partial charge in [0, 0.05) is 22.4 Å². The Labute approximate surface area is 137 Å². The van der Waals surface area contributed by atoms with Gasteiger partial charge in [-0.15, -0.1) is 23.2 Å². The van der Waals surface area contributed by atoms with Crippen LogP contribution in [-0.4, -0.2) is 41.8 Å². The second-order valence-electron chi connectivity index (χ2n) is 4.44. The zero-order chi connectivity index (χ0) is 16.2. The fourth-order valence-corrected chi connectivity index (χ4v) is 4.67. The van der Waals surface area contributed by atoms with E-state index < -0.39 is 24.5 Å². The predicted molar refractivity (Wildman–Crippen MR) is 84.4 cm³/mol. The van der Waals surface area contributed by atoms with Gasteiger partial charge in [-0.1, -0.05) is 18.2 Å². The summed E-state index contributed by atoms with van der Waals surface area (Å²) >= 11 is 11.1. The van der Waals surface area contributed by atoms with Gasteiger partial charge in [0.1, 0.15) is 0 Å². The van der Waals surface area contributed by atoms with Gasteiger partial charge in [0.25, 0.3) is 0 Å². The molecule has 1 aromatic carbocycles. The molecular weight excluding hydrogens is 354 g/mol. The Morgan fingerprint density at radius 1 is 1.18 bits per heavy atom. The summed E-state index contributed by atoms with van der Waals surface area (Å²) in [5, 5.41) is 11.2. The van der Waals surface area contributed by atoms with Crippen LogP contribution >= 0.6 is 30.8 Å². The van der Waals surface area contributed by atoms with E-state index in [9.17, 15) is 14.7 Å². The van der Waals surface area contributed by atoms with Gasteiger partial charge in [0.15, 0.2) is 0 Å². The molecule has 2 atom stereocenters. The van der Waals surface area contributed by atoms with E-state index >= 15 is 0 Å². The lowest BCUT2D eigenvalue weighted by Crippen LogP contribution is -2.11. The van der Waals surface area contributed by atoms with Crippen LogP contribution in [0.5, 0.6) is 0 Å². The zero-order valence-corrected chi connectivity index (χ0v) is 13.9. The van der Waals surface area contributed by atoms with Crippen LogP contribution in [0.4, 0.5) is 5.69 Å². The maximum atomic E-state index is 12.9. The summed E-state index contributed by atoms with van der Waals surface area (Å²) in [6.07, 6.45) is -1.15. The summed E-state index contributed by atoms with van der Waals surface area (Å²) < 4.78 is 23.4. The van der Waals surface area contributed by atoms with Crippen molar-refractivity contribution in [3.63, 3.8) is 0 Å². The maximum Gasteiger partial charge on any atom is 0.362 e. The number of nitrogens with zero attached hydrogens (tertiary/aromatic N) is 2. The number of rotatable bonds is 9. The topological polar surface area (TPSA) is 81.7 Å². The van der Waals surface area contributed by atoms with E-state index in [1.54, 1.807) is 30.3 Å². The summed E-state index contributed by atoms with van der Waals surface area (Å²) in [5.74, 6) is -0.762. The van der Waals surface area contributed by atoms with Crippen LogP contribution in [0.2, 0.25) is 0 Å². The molecule has 0 aliphatic carbocycles. The monoisotopic (exact) mass is 368 g/mol. The molecule has 2 unspecified atom stereocenters. The molecule has 0 aromatic heterocycles. The van der Waals surface area contributed by atoms with Crippen LogP contribution in [0, 0.1) is 10.1 Å². The van der Waals surface area contributed by atoms with Gasteiger partial charge in [-0.2, -0.15) is 0 Å². The number of nitro groups is 1. The largest absolute Gasteiger partial charge is 0.362 e. The third-order valence-corrected chi connectivity index (χ3v) is 5.60. The minimum absolute atomic E-state index is 0.0231. The lowest BCUT2D eigenvalue weighted by Gasteiger charge is -2.16. The van der Waals surface area contributed by atoms with Crippen molar-refractivity contribution in [3.05, 3.63) is 40.4 Å². The first-order valence-corrected chi connectivity index (χ1v) is 9.21. The fraction of sp³-hybridized carbons (Fsp3) is 0.500. The van der Waals surface area contributed by atoms with Gasteiger partial charge < -0.3 is 9.05 Å². The number of alkyl halides is 2. The standard InChI is InChI=1S/C12H15Cl2N2O5P/c13-6-8-20-22(19,21-9-7-14)12-11(16(17)18)15(12)10-4-2-1-3-5-10/h1-5,11-12H,6-9H2. The summed E-state index contributed by atoms with van der Waals surface area (Å²) in [7, 11) is -3.73. The van der Waals surface area contributed by atoms with Gasteiger partial charge in [0.2, 0.25) is 5.78 Å². The first kappa shape index (κ1) is 17.5. The van der Waals surface area contributed by atoms with Gasteiger partial charge in [-0.25, -0.2) is 0 Å². The van der Waals surface area contributed by atoms with Crippen LogP contribution in [-0.2, 0) is 13.6 Å². The first-order chi connectivity index (χ1) is 10.5. The van der Waals surface area contributed by atoms with Crippen molar-refractivity contribution in [1.82, 2.24) is 0 Å². The van der Waals surface area contributed by atoms with Crippen LogP contribution in [0.15, 0.2) is 30.3 Å². The molecular formula is C12H15Cl2N2O5P. The number of anilines is 1. The molecule has 0 saturated carbocycles. The van der Waals surface area contributed by atoms with Crippen LogP contribution in [0.25, 0.3) is 0 Å². The van der Waals surface area contributed by atoms with Crippen molar-refractivity contribution >= 4 is 36.5 Å². The van der Waals surface area contributed by atoms with Crippen molar-refractivity contribution < 1.29 is 18.5 Å². The maximum absolute atomic E-state index is 12.9. The first-order valence-electron chi connectivity index (χ1n) is 6.53. The molecule has 0 radical (unpaired) electrons. The molecule has 1 aliphatic rings. The SMILES string of the molecule is O=[N+]([O-])C1C(P(=O)(OCCCl)OCCCl)N1c1ccccc1. The highest BCUT2D eigenvalue weighted by atomic mass is 35.5. The van der Waals surface area contributed by atoms with Gasteiger partial charge in [0.05, 0.1) is 13.2 Å². The van der Waals surface area contributed by atoms with E-state index in [1.165, 1.54) is 4.90 Å². The van der Waals surface area contributed by atoms with Crippen LogP contribution < -0.4 is 4.90 Å². The molecule has 1 heterocycles. The highest BCUT2D eigenvalue weighted by Crippen LogP contribution is 2.63. The molecule has 10 heteroatoms. The molecule has 1 aromatic rings. The van der Waals surface area contributed by atoms with E-state index in [0.29, 0.717) is 5.69 Å². The molecule has 1 aliphatic heterocycles. The molecule has 0 N–H and O–H groups in total. The molecule has 1 fully saturated rings. The third kappa shape index (κ3) is 3.73. The Morgan fingerprint density at radius 3 is 2.18 bits per heavy atom. The van der Waals surface area contributed by atoms with E-state index in [0.717, 1.165) is 0 Å². The van der Waals surface area contributed by atoms with E-state index in [-0.39, 0.29) is 25.0 Å². The average molecular weight is 369 g/mol. The smallest absolute Gasteiger partial charge is 0.306 e. The average Bonchev–Trinajstić information content (AvgIpc) is 3.28. The predicted octanol–water partition coefficient (Wildman–Crippen LogP) is 3.14. The zero-order valence-electron chi connectivity index (χ0n) is 11.5. The number of halogens is 2. The second-order valence-corrected chi connectivity index (χ2v) is 7.32. The third-order valence-electron chi connectivity index (χ3n) is 3.04. The Morgan fingerprint density at radius 2 is 1.73 bits per heavy atom. The summed E-state index contributed by atoms with van der Waals surface area (Å²) in [4.78, 5) is 12.1. The molecule has 7 nitrogen and oxygen atoms in total. The van der Waals surface area contributed by atoms with Gasteiger partial charge >= 0.3 is 13.8 Å². The summed E-state index contributed by atoms with van der Waals surface area (Å²) in [6, 6.07) is 8.67. The highest BCUT2D eigenvalue weighted by Gasteiger charge is 2.69. The molecule has 0 amide bonds. The fourth-order valence-electron chi connectivity index (χ4n) is 2.15. The van der Waals surface area contributed by atoms with E-state index in [2.05, 4.69) is 0 Å². The molecule has 0 bridgehead atoms. The van der Waals surface area contributed by atoms with Crippen molar-refractivity contribution in [2.45, 2.75) is 11.9 Å². The van der Waals surface area contributed by atoms with Gasteiger partial charge in [-0.3, -0.25) is 19.6 Å². The van der Waals surface area contributed by atoms with Gasteiger partial charge in [-0.05, 0) is 12.1 Å². The van der Waals surface area contributed by atoms with Crippen molar-refractivity contribution in [2.24, 2.45) is 0 Å². The lowest BCUT2D eigenvalue weighted by atomic mass is 10.3. The van der Waals surface area contributed by atoms with Crippen molar-refractivity contribution in [1.29, 1.82) is 0 Å². The van der Waals surface area contributed by atoms with E-state index in [4.69, 9.17) is 32.2 Å². The minimum atomic E-state index is -3.73. The normalized spacial score (nSPS) is 20.9. The number of hydrogen-bond donors (Lipinski definition) is 0. The van der Waals surface area contributed by atoms with E-state index in [1.807, 2.05) is 0 Å². The molecule has 0 spiro atoms. The highest BCUT2D eigenvalue weighted by molar-refractivity contribution is 7.55. The minimum Gasteiger partial charge on any atom is -0.306 e. The Kier molecular flexibility index (Phi) is 6.06. The number of para-hydroxylation sites is 1. The summed E-state index contributed by atoms with van der Waals surface area (Å²) in [5.41, 5.74) is 0.582. The molecule has 2 rings (SSSR count). The molecule has 122 valence electrons. The number of benzene rings is 1. The molecule has 1 saturated heterocycles. The van der Waals surface area contributed by atoms with Crippen molar-refractivity contribution in [3.8, 4) is 0 Å². The Balaban J connectivity index is 2.25. The molecule has 22 heavy (non-hydrogen) atoms. The second kappa shape index (κ2) is 7.62. The Bertz CT molecular complexity index is 550. The number of hydrogen-bond acceptors (Lipinski definition) is 6.